The molecule has 0 bridgehead atoms. The molecule has 0 N–H and O–H groups in total. The van der Waals surface area contributed by atoms with Crippen molar-refractivity contribution in [3.63, 3.8) is 0 Å². The molecule has 8 nitrogen and oxygen atoms in total. The molecule has 0 saturated carbocycles. The molecule has 116 valence electrons. The molecule has 0 radical (unpaired) electrons. The van der Waals surface area contributed by atoms with E-state index in [1.165, 1.54) is 20.3 Å². The van der Waals surface area contributed by atoms with Crippen molar-refractivity contribution in [2.24, 2.45) is 0 Å². The van der Waals surface area contributed by atoms with Crippen molar-refractivity contribution >= 4 is 5.97 Å². The van der Waals surface area contributed by atoms with Crippen LogP contribution in [0.1, 0.15) is 22.0 Å². The fraction of sp³-hybridized carbons (Fsp3) is 0.200. The number of ether oxygens (including phenoxy) is 4. The van der Waals surface area contributed by atoms with Crippen LogP contribution in [0.3, 0.4) is 0 Å². The predicted molar refractivity (Wildman–Crippen MR) is 75.4 cm³/mol. The smallest absolute Gasteiger partial charge is 0.344 e. The van der Waals surface area contributed by atoms with Gasteiger partial charge in [-0.05, 0) is 6.07 Å². The van der Waals surface area contributed by atoms with Gasteiger partial charge < -0.3 is 18.9 Å². The van der Waals surface area contributed by atoms with Crippen molar-refractivity contribution in [1.82, 2.24) is 9.97 Å². The van der Waals surface area contributed by atoms with Gasteiger partial charge in [0.05, 0.1) is 20.3 Å². The minimum atomic E-state index is -0.943. The van der Waals surface area contributed by atoms with Crippen LogP contribution in [-0.4, -0.2) is 30.2 Å². The zero-order valence-corrected chi connectivity index (χ0v) is 12.3. The van der Waals surface area contributed by atoms with E-state index in [4.69, 9.17) is 24.2 Å². The average molecular weight is 313 g/mol. The van der Waals surface area contributed by atoms with Gasteiger partial charge in [0.2, 0.25) is 17.9 Å². The minimum absolute atomic E-state index is 0.0530. The topological polar surface area (TPSA) is 104 Å². The van der Waals surface area contributed by atoms with E-state index in [2.05, 4.69) is 9.97 Å². The Bertz CT molecular complexity index is 793. The van der Waals surface area contributed by atoms with Gasteiger partial charge >= 0.3 is 12.0 Å². The second kappa shape index (κ2) is 5.81. The Hall–Kier alpha value is -3.34. The zero-order chi connectivity index (χ0) is 16.4. The standard InChI is InChI=1S/C15H11N3O5/c1-20-11-6-12(21-2)18-15(17-11)23-9-5-3-4-8-10(7-16)22-14(19)13(8)9/h3-6,10H,1-2H3. The first-order valence-corrected chi connectivity index (χ1v) is 6.54. The number of aromatic nitrogens is 2. The minimum Gasteiger partial charge on any atom is -0.481 e. The van der Waals surface area contributed by atoms with Crippen LogP contribution < -0.4 is 14.2 Å². The average Bonchev–Trinajstić information content (AvgIpc) is 2.91. The van der Waals surface area contributed by atoms with Crippen molar-refractivity contribution in [1.29, 1.82) is 5.26 Å². The normalized spacial score (nSPS) is 15.3. The van der Waals surface area contributed by atoms with Gasteiger partial charge in [-0.1, -0.05) is 12.1 Å². The summed E-state index contributed by atoms with van der Waals surface area (Å²) >= 11 is 0. The van der Waals surface area contributed by atoms with Crippen molar-refractivity contribution in [2.75, 3.05) is 14.2 Å². The molecule has 1 aromatic heterocycles. The van der Waals surface area contributed by atoms with Gasteiger partial charge in [-0.3, -0.25) is 0 Å². The number of nitrogens with zero attached hydrogens (tertiary/aromatic N) is 3. The number of benzene rings is 1. The summed E-state index contributed by atoms with van der Waals surface area (Å²) in [6, 6.07) is 8.19. The van der Waals surface area contributed by atoms with Gasteiger partial charge in [-0.25, -0.2) is 4.79 Å². The van der Waals surface area contributed by atoms with Crippen molar-refractivity contribution < 1.29 is 23.7 Å². The summed E-state index contributed by atoms with van der Waals surface area (Å²) in [6.07, 6.45) is -0.943. The molecular weight excluding hydrogens is 302 g/mol. The van der Waals surface area contributed by atoms with E-state index in [9.17, 15) is 4.79 Å². The van der Waals surface area contributed by atoms with Crippen LogP contribution in [0.5, 0.6) is 23.5 Å². The Morgan fingerprint density at radius 1 is 1.22 bits per heavy atom. The molecule has 2 heterocycles. The molecule has 23 heavy (non-hydrogen) atoms. The van der Waals surface area contributed by atoms with Gasteiger partial charge in [-0.15, -0.1) is 0 Å². The lowest BCUT2D eigenvalue weighted by molar-refractivity contribution is 0.0476. The maximum atomic E-state index is 11.9. The van der Waals surface area contributed by atoms with E-state index in [0.717, 1.165) is 0 Å². The first-order chi connectivity index (χ1) is 11.2. The summed E-state index contributed by atoms with van der Waals surface area (Å²) in [5.41, 5.74) is 0.634. The third kappa shape index (κ3) is 2.60. The maximum Gasteiger partial charge on any atom is 0.344 e. The first-order valence-electron chi connectivity index (χ1n) is 6.54. The Morgan fingerprint density at radius 3 is 2.52 bits per heavy atom. The predicted octanol–water partition coefficient (Wildman–Crippen LogP) is 2.02. The van der Waals surface area contributed by atoms with Crippen LogP contribution in [0.2, 0.25) is 0 Å². The summed E-state index contributed by atoms with van der Waals surface area (Å²) in [6.45, 7) is 0. The molecule has 1 aliphatic rings. The number of nitriles is 1. The molecular formula is C15H11N3O5. The highest BCUT2D eigenvalue weighted by atomic mass is 16.6. The second-order valence-electron chi connectivity index (χ2n) is 4.47. The molecule has 0 saturated heterocycles. The molecule has 1 atom stereocenters. The van der Waals surface area contributed by atoms with Gasteiger partial charge in [0.25, 0.3) is 0 Å². The third-order valence-electron chi connectivity index (χ3n) is 3.17. The largest absolute Gasteiger partial charge is 0.481 e. The fourth-order valence-corrected chi connectivity index (χ4v) is 2.13. The number of hydrogen-bond acceptors (Lipinski definition) is 8. The van der Waals surface area contributed by atoms with E-state index in [-0.39, 0.29) is 29.1 Å². The number of carbonyl (C=O) groups is 1. The number of fused-ring (bicyclic) bond motifs is 1. The van der Waals surface area contributed by atoms with Crippen LogP contribution in [-0.2, 0) is 4.74 Å². The number of hydrogen-bond donors (Lipinski definition) is 0. The summed E-state index contributed by atoms with van der Waals surface area (Å²) < 4.78 is 20.6. The number of methoxy groups -OCH3 is 2. The molecule has 0 fully saturated rings. The molecule has 2 aromatic rings. The van der Waals surface area contributed by atoms with Gasteiger partial charge in [0.1, 0.15) is 17.4 Å². The van der Waals surface area contributed by atoms with Gasteiger partial charge in [-0.2, -0.15) is 15.2 Å². The molecule has 8 heteroatoms. The second-order valence-corrected chi connectivity index (χ2v) is 4.47. The van der Waals surface area contributed by atoms with Crippen molar-refractivity contribution in [3.8, 4) is 29.6 Å². The lowest BCUT2D eigenvalue weighted by Crippen LogP contribution is -2.01. The van der Waals surface area contributed by atoms with Gasteiger partial charge in [0.15, 0.2) is 0 Å². The SMILES string of the molecule is COc1cc(OC)nc(Oc2cccc3c2C(=O)OC3C#N)n1. The van der Waals surface area contributed by atoms with Crippen molar-refractivity contribution in [2.45, 2.75) is 6.10 Å². The van der Waals surface area contributed by atoms with Crippen LogP contribution in [0.4, 0.5) is 0 Å². The fourth-order valence-electron chi connectivity index (χ4n) is 2.13. The first kappa shape index (κ1) is 14.6. The highest BCUT2D eigenvalue weighted by Gasteiger charge is 2.34. The lowest BCUT2D eigenvalue weighted by atomic mass is 10.1. The Kier molecular flexibility index (Phi) is 3.68. The number of rotatable bonds is 4. The summed E-state index contributed by atoms with van der Waals surface area (Å²) in [7, 11) is 2.89. The van der Waals surface area contributed by atoms with Gasteiger partial charge in [0, 0.05) is 5.56 Å². The molecule has 0 aliphatic carbocycles. The quantitative estimate of drug-likeness (QED) is 0.790. The highest BCUT2D eigenvalue weighted by molar-refractivity contribution is 5.97. The summed E-state index contributed by atoms with van der Waals surface area (Å²) in [5, 5.41) is 9.02. The van der Waals surface area contributed by atoms with E-state index >= 15 is 0 Å². The molecule has 3 rings (SSSR count). The van der Waals surface area contributed by atoms with Crippen LogP contribution in [0, 0.1) is 11.3 Å². The van der Waals surface area contributed by atoms with Crippen molar-refractivity contribution in [3.05, 3.63) is 35.4 Å². The Morgan fingerprint density at radius 2 is 1.91 bits per heavy atom. The Balaban J connectivity index is 2.01. The van der Waals surface area contributed by atoms with Crippen LogP contribution >= 0.6 is 0 Å². The molecule has 0 amide bonds. The number of carbonyl (C=O) groups excluding carboxylic acids is 1. The van der Waals surface area contributed by atoms with E-state index in [1.54, 1.807) is 18.2 Å². The van der Waals surface area contributed by atoms with E-state index in [1.807, 2.05) is 6.07 Å². The van der Waals surface area contributed by atoms with E-state index < -0.39 is 12.1 Å². The monoisotopic (exact) mass is 313 g/mol. The third-order valence-corrected chi connectivity index (χ3v) is 3.17. The zero-order valence-electron chi connectivity index (χ0n) is 12.3. The van der Waals surface area contributed by atoms with Crippen LogP contribution in [0.25, 0.3) is 0 Å². The molecule has 1 aromatic carbocycles. The summed E-state index contributed by atoms with van der Waals surface area (Å²) in [5.74, 6) is 0.0615. The number of esters is 1. The lowest BCUT2D eigenvalue weighted by Gasteiger charge is -2.09. The number of cyclic esters (lactones) is 1. The Labute approximate surface area is 131 Å². The molecule has 0 spiro atoms. The molecule has 1 aliphatic heterocycles. The van der Waals surface area contributed by atoms with E-state index in [0.29, 0.717) is 5.56 Å². The highest BCUT2D eigenvalue weighted by Crippen LogP contribution is 2.37. The summed E-state index contributed by atoms with van der Waals surface area (Å²) in [4.78, 5) is 20.0. The van der Waals surface area contributed by atoms with Crippen LogP contribution in [0.15, 0.2) is 24.3 Å². The maximum absolute atomic E-state index is 11.9. The molecule has 1 unspecified atom stereocenters.